The number of nitrogens with two attached hydrogens (primary N) is 1. The fourth-order valence-electron chi connectivity index (χ4n) is 8.08. The summed E-state index contributed by atoms with van der Waals surface area (Å²) in [5, 5.41) is 20.6. The molecular formula is C22H37NO4. The molecule has 5 nitrogen and oxygen atoms in total. The highest BCUT2D eigenvalue weighted by molar-refractivity contribution is 5.80. The van der Waals surface area contributed by atoms with Crippen LogP contribution >= 0.6 is 0 Å². The Labute approximate surface area is 163 Å². The lowest BCUT2D eigenvalue weighted by atomic mass is 9.44. The molecule has 0 aromatic rings. The number of aliphatic hydroxyl groups excluding tert-OH is 1. The summed E-state index contributed by atoms with van der Waals surface area (Å²) in [6.45, 7) is 7.20. The fraction of sp³-hybridized carbons (Fsp3) is 0.955. The molecule has 4 aliphatic carbocycles. The summed E-state index contributed by atoms with van der Waals surface area (Å²) in [7, 11) is 0. The van der Waals surface area contributed by atoms with Gasteiger partial charge in [0.15, 0.2) is 0 Å². The summed E-state index contributed by atoms with van der Waals surface area (Å²) in [6.07, 6.45) is 7.21. The maximum atomic E-state index is 12.0. The Hall–Kier alpha value is -0.650. The van der Waals surface area contributed by atoms with Gasteiger partial charge in [-0.05, 0) is 92.8 Å². The number of ether oxygens (including phenoxy) is 1. The fourth-order valence-corrected chi connectivity index (χ4v) is 8.08. The van der Waals surface area contributed by atoms with Gasteiger partial charge in [0.1, 0.15) is 5.54 Å². The van der Waals surface area contributed by atoms with Crippen molar-refractivity contribution in [2.75, 3.05) is 6.61 Å². The zero-order chi connectivity index (χ0) is 19.6. The second-order valence-electron chi connectivity index (χ2n) is 10.4. The Morgan fingerprint density at radius 2 is 1.85 bits per heavy atom. The van der Waals surface area contributed by atoms with Gasteiger partial charge in [-0.2, -0.15) is 0 Å². The second kappa shape index (κ2) is 6.43. The number of carboxylic acid groups (broad SMARTS) is 1. The number of fused-ring (bicyclic) bond motifs is 5. The molecule has 9 atom stereocenters. The molecule has 4 saturated carbocycles. The van der Waals surface area contributed by atoms with Gasteiger partial charge in [0.2, 0.25) is 0 Å². The van der Waals surface area contributed by atoms with E-state index in [0.717, 1.165) is 32.1 Å². The van der Waals surface area contributed by atoms with Gasteiger partial charge in [-0.25, -0.2) is 0 Å². The van der Waals surface area contributed by atoms with E-state index in [1.165, 1.54) is 12.8 Å². The van der Waals surface area contributed by atoms with Gasteiger partial charge in [-0.3, -0.25) is 4.79 Å². The van der Waals surface area contributed by atoms with Gasteiger partial charge >= 0.3 is 5.97 Å². The molecule has 0 radical (unpaired) electrons. The number of hydrogen-bond acceptors (Lipinski definition) is 4. The maximum absolute atomic E-state index is 12.0. The molecule has 4 N–H and O–H groups in total. The molecule has 0 aromatic carbocycles. The number of aliphatic hydroxyl groups is 1. The Morgan fingerprint density at radius 1 is 1.15 bits per heavy atom. The van der Waals surface area contributed by atoms with Crippen LogP contribution in [0.3, 0.4) is 0 Å². The first-order valence-electron chi connectivity index (χ1n) is 11.0. The molecule has 154 valence electrons. The van der Waals surface area contributed by atoms with E-state index >= 15 is 0 Å². The molecule has 27 heavy (non-hydrogen) atoms. The highest BCUT2D eigenvalue weighted by Gasteiger charge is 2.66. The van der Waals surface area contributed by atoms with Crippen LogP contribution in [0.1, 0.15) is 72.1 Å². The first-order chi connectivity index (χ1) is 12.7. The average Bonchev–Trinajstić information content (AvgIpc) is 2.89. The van der Waals surface area contributed by atoms with E-state index in [0.29, 0.717) is 36.7 Å². The first-order valence-corrected chi connectivity index (χ1v) is 11.0. The lowest BCUT2D eigenvalue weighted by Crippen LogP contribution is -2.63. The minimum absolute atomic E-state index is 0.0198. The predicted octanol–water partition coefficient (Wildman–Crippen LogP) is 3.19. The van der Waals surface area contributed by atoms with Crippen LogP contribution in [0.4, 0.5) is 0 Å². The van der Waals surface area contributed by atoms with Crippen molar-refractivity contribution < 1.29 is 19.7 Å². The van der Waals surface area contributed by atoms with E-state index in [9.17, 15) is 15.0 Å². The van der Waals surface area contributed by atoms with Crippen LogP contribution in [0.25, 0.3) is 0 Å². The highest BCUT2D eigenvalue weighted by Crippen LogP contribution is 2.67. The van der Waals surface area contributed by atoms with Crippen LogP contribution in [0.5, 0.6) is 0 Å². The maximum Gasteiger partial charge on any atom is 0.324 e. The number of aliphatic carboxylic acids is 1. The summed E-state index contributed by atoms with van der Waals surface area (Å²) < 4.78 is 5.83. The van der Waals surface area contributed by atoms with Gasteiger partial charge in [-0.15, -0.1) is 0 Å². The Balaban J connectivity index is 1.60. The molecule has 4 fully saturated rings. The van der Waals surface area contributed by atoms with E-state index in [4.69, 9.17) is 10.5 Å². The summed E-state index contributed by atoms with van der Waals surface area (Å²) in [5.41, 5.74) is 5.26. The minimum Gasteiger partial charge on any atom is -0.480 e. The van der Waals surface area contributed by atoms with E-state index in [2.05, 4.69) is 13.8 Å². The Kier molecular flexibility index (Phi) is 4.68. The number of hydrogen-bond donors (Lipinski definition) is 3. The SMILES string of the molecule is CCOC1CC2CC[C@@H]3[C@@H](CC[C@@]4(C)[C@H]3CCC4(N)C(=O)O)[C@@]2(C)CC1O. The van der Waals surface area contributed by atoms with Crippen molar-refractivity contribution in [3.05, 3.63) is 0 Å². The van der Waals surface area contributed by atoms with Gasteiger partial charge in [0, 0.05) is 6.61 Å². The third-order valence-corrected chi connectivity index (χ3v) is 9.68. The van der Waals surface area contributed by atoms with Gasteiger partial charge in [-0.1, -0.05) is 13.8 Å². The van der Waals surface area contributed by atoms with Gasteiger partial charge in [0.05, 0.1) is 12.2 Å². The first kappa shape index (κ1) is 19.7. The highest BCUT2D eigenvalue weighted by atomic mass is 16.5. The molecule has 4 aliphatic rings. The van der Waals surface area contributed by atoms with Gasteiger partial charge < -0.3 is 20.7 Å². The van der Waals surface area contributed by atoms with Gasteiger partial charge in [0.25, 0.3) is 0 Å². The summed E-state index contributed by atoms with van der Waals surface area (Å²) in [6, 6.07) is 0. The molecule has 0 amide bonds. The minimum atomic E-state index is -1.08. The zero-order valence-electron chi connectivity index (χ0n) is 17.1. The van der Waals surface area contributed by atoms with Crippen LogP contribution in [0.2, 0.25) is 0 Å². The van der Waals surface area contributed by atoms with E-state index in [1.54, 1.807) is 0 Å². The lowest BCUT2D eigenvalue weighted by Gasteiger charge is -2.62. The monoisotopic (exact) mass is 379 g/mol. The average molecular weight is 380 g/mol. The molecule has 0 heterocycles. The van der Waals surface area contributed by atoms with Crippen LogP contribution in [0, 0.1) is 34.5 Å². The number of rotatable bonds is 3. The molecular weight excluding hydrogens is 342 g/mol. The topological polar surface area (TPSA) is 92.8 Å². The summed E-state index contributed by atoms with van der Waals surface area (Å²) >= 11 is 0. The molecule has 4 unspecified atom stereocenters. The summed E-state index contributed by atoms with van der Waals surface area (Å²) in [4.78, 5) is 12.0. The molecule has 0 aromatic heterocycles. The third-order valence-electron chi connectivity index (χ3n) is 9.68. The van der Waals surface area contributed by atoms with Crippen molar-refractivity contribution in [1.29, 1.82) is 0 Å². The van der Waals surface area contributed by atoms with Crippen LogP contribution < -0.4 is 5.73 Å². The van der Waals surface area contributed by atoms with E-state index in [1.807, 2.05) is 6.92 Å². The standard InChI is InChI=1S/C22H37NO4/c1-4-27-18-11-13-5-6-14-15(20(13,2)12-17(18)24)7-9-21(3)16(14)8-10-22(21,23)19(25)26/h13-18,24H,4-12,23H2,1-3H3,(H,25,26)/t13?,14-,15-,16+,17?,18?,20+,21+,22?/m1/s1. The molecule has 4 rings (SSSR count). The largest absolute Gasteiger partial charge is 0.480 e. The third kappa shape index (κ3) is 2.57. The normalized spacial score (nSPS) is 54.7. The van der Waals surface area contributed by atoms with Crippen molar-refractivity contribution in [3.63, 3.8) is 0 Å². The Morgan fingerprint density at radius 3 is 2.52 bits per heavy atom. The smallest absolute Gasteiger partial charge is 0.324 e. The summed E-state index contributed by atoms with van der Waals surface area (Å²) in [5.74, 6) is 1.30. The predicted molar refractivity (Wildman–Crippen MR) is 103 cm³/mol. The second-order valence-corrected chi connectivity index (χ2v) is 10.4. The van der Waals surface area contributed by atoms with E-state index < -0.39 is 11.5 Å². The molecule has 0 bridgehead atoms. The molecule has 5 heteroatoms. The van der Waals surface area contributed by atoms with Crippen molar-refractivity contribution in [2.24, 2.45) is 40.2 Å². The van der Waals surface area contributed by atoms with E-state index in [-0.39, 0.29) is 23.0 Å². The molecule has 0 spiro atoms. The lowest BCUT2D eigenvalue weighted by molar-refractivity contribution is -0.175. The quantitative estimate of drug-likeness (QED) is 0.700. The molecule has 0 aliphatic heterocycles. The van der Waals surface area contributed by atoms with Crippen LogP contribution in [-0.4, -0.2) is 40.5 Å². The molecule has 0 saturated heterocycles. The van der Waals surface area contributed by atoms with Crippen molar-refractivity contribution in [3.8, 4) is 0 Å². The number of carbonyl (C=O) groups is 1. The van der Waals surface area contributed by atoms with Crippen LogP contribution in [0.15, 0.2) is 0 Å². The zero-order valence-corrected chi connectivity index (χ0v) is 17.1. The van der Waals surface area contributed by atoms with Crippen LogP contribution in [-0.2, 0) is 9.53 Å². The Bertz CT molecular complexity index is 611. The number of carboxylic acids is 1. The van der Waals surface area contributed by atoms with Crippen molar-refractivity contribution >= 4 is 5.97 Å². The van der Waals surface area contributed by atoms with Crippen molar-refractivity contribution in [2.45, 2.75) is 89.9 Å². The van der Waals surface area contributed by atoms with Crippen molar-refractivity contribution in [1.82, 2.24) is 0 Å².